The number of carbonyl (C=O) groups excluding carboxylic acids is 1. The molecule has 0 saturated carbocycles. The fourth-order valence-corrected chi connectivity index (χ4v) is 2.21. The molecule has 0 radical (unpaired) electrons. The number of ketones is 1. The second-order valence-corrected chi connectivity index (χ2v) is 5.48. The van der Waals surface area contributed by atoms with Gasteiger partial charge in [0.05, 0.1) is 5.56 Å². The lowest BCUT2D eigenvalue weighted by Crippen LogP contribution is -2.50. The molecule has 114 valence electrons. The summed E-state index contributed by atoms with van der Waals surface area (Å²) < 4.78 is 5.77. The van der Waals surface area contributed by atoms with Gasteiger partial charge in [-0.1, -0.05) is 12.1 Å². The van der Waals surface area contributed by atoms with Crippen molar-refractivity contribution in [3.8, 4) is 5.75 Å². The fraction of sp³-hybridized carbons (Fsp3) is 0.353. The Morgan fingerprint density at radius 2 is 1.91 bits per heavy atom. The first kappa shape index (κ1) is 14.7. The number of ether oxygens (including phenoxy) is 1. The van der Waals surface area contributed by atoms with E-state index >= 15 is 0 Å². The predicted molar refractivity (Wildman–Crippen MR) is 83.1 cm³/mol. The number of carbonyl (C=O) groups is 1. The summed E-state index contributed by atoms with van der Waals surface area (Å²) in [7, 11) is 0. The Labute approximate surface area is 129 Å². The van der Waals surface area contributed by atoms with Gasteiger partial charge >= 0.3 is 0 Å². The minimum absolute atomic E-state index is 0.0702. The van der Waals surface area contributed by atoms with Gasteiger partial charge in [-0.25, -0.2) is 9.97 Å². The molecule has 0 aliphatic carbocycles. The highest BCUT2D eigenvalue weighted by Crippen LogP contribution is 2.16. The van der Waals surface area contributed by atoms with Crippen LogP contribution in [-0.2, 0) is 6.42 Å². The summed E-state index contributed by atoms with van der Waals surface area (Å²) in [6.07, 6.45) is 4.63. The Bertz CT molecular complexity index is 634. The third kappa shape index (κ3) is 3.68. The van der Waals surface area contributed by atoms with Gasteiger partial charge in [-0.05, 0) is 31.0 Å². The van der Waals surface area contributed by atoms with Gasteiger partial charge in [0.1, 0.15) is 17.7 Å². The summed E-state index contributed by atoms with van der Waals surface area (Å²) in [5.41, 5.74) is 1.70. The summed E-state index contributed by atoms with van der Waals surface area (Å²) in [4.78, 5) is 20.2. The SMILES string of the molecule is Cc1ncc(C(=O)CCc2ccc(OC3CNC3)cc2)cn1. The number of rotatable bonds is 6. The van der Waals surface area contributed by atoms with E-state index in [1.165, 1.54) is 0 Å². The summed E-state index contributed by atoms with van der Waals surface area (Å²) in [6, 6.07) is 7.96. The van der Waals surface area contributed by atoms with Gasteiger partial charge in [-0.15, -0.1) is 0 Å². The molecule has 0 bridgehead atoms. The van der Waals surface area contributed by atoms with Crippen LogP contribution in [0.2, 0.25) is 0 Å². The van der Waals surface area contributed by atoms with Gasteiger partial charge < -0.3 is 10.1 Å². The molecular formula is C17H19N3O2. The van der Waals surface area contributed by atoms with Gasteiger partial charge in [-0.2, -0.15) is 0 Å². The zero-order valence-corrected chi connectivity index (χ0v) is 12.6. The Morgan fingerprint density at radius 1 is 1.23 bits per heavy atom. The molecule has 1 saturated heterocycles. The smallest absolute Gasteiger partial charge is 0.166 e. The number of Topliss-reactive ketones (excluding diaryl/α,β-unsaturated/α-hetero) is 1. The van der Waals surface area contributed by atoms with Crippen LogP contribution in [0.4, 0.5) is 0 Å². The summed E-state index contributed by atoms with van der Waals surface area (Å²) in [6.45, 7) is 3.63. The number of aryl methyl sites for hydroxylation is 2. The number of nitrogens with zero attached hydrogens (tertiary/aromatic N) is 2. The van der Waals surface area contributed by atoms with E-state index in [-0.39, 0.29) is 11.9 Å². The molecule has 1 aromatic heterocycles. The van der Waals surface area contributed by atoms with Crippen LogP contribution >= 0.6 is 0 Å². The first-order chi connectivity index (χ1) is 10.7. The van der Waals surface area contributed by atoms with Crippen LogP contribution in [0.25, 0.3) is 0 Å². The van der Waals surface area contributed by atoms with E-state index in [9.17, 15) is 4.79 Å². The molecule has 2 heterocycles. The quantitative estimate of drug-likeness (QED) is 0.826. The lowest BCUT2D eigenvalue weighted by Gasteiger charge is -2.27. The minimum atomic E-state index is 0.0702. The molecule has 0 atom stereocenters. The zero-order chi connectivity index (χ0) is 15.4. The van der Waals surface area contributed by atoms with Crippen molar-refractivity contribution in [1.82, 2.24) is 15.3 Å². The second kappa shape index (κ2) is 6.66. The molecule has 1 N–H and O–H groups in total. The number of aromatic nitrogens is 2. The molecule has 0 amide bonds. The third-order valence-corrected chi connectivity index (χ3v) is 3.71. The highest BCUT2D eigenvalue weighted by Gasteiger charge is 2.17. The van der Waals surface area contributed by atoms with E-state index in [0.717, 1.165) is 24.4 Å². The molecule has 2 aromatic rings. The normalized spacial score (nSPS) is 14.4. The van der Waals surface area contributed by atoms with E-state index in [4.69, 9.17) is 4.74 Å². The number of hydrogen-bond donors (Lipinski definition) is 1. The highest BCUT2D eigenvalue weighted by atomic mass is 16.5. The summed E-state index contributed by atoms with van der Waals surface area (Å²) in [5, 5.41) is 3.17. The molecule has 1 aliphatic rings. The molecule has 5 heteroatoms. The largest absolute Gasteiger partial charge is 0.488 e. The van der Waals surface area contributed by atoms with Crippen LogP contribution in [0.5, 0.6) is 5.75 Å². The fourth-order valence-electron chi connectivity index (χ4n) is 2.21. The topological polar surface area (TPSA) is 64.1 Å². The van der Waals surface area contributed by atoms with Crippen LogP contribution in [0.3, 0.4) is 0 Å². The van der Waals surface area contributed by atoms with Crippen molar-refractivity contribution < 1.29 is 9.53 Å². The van der Waals surface area contributed by atoms with Crippen molar-refractivity contribution in [2.75, 3.05) is 13.1 Å². The van der Waals surface area contributed by atoms with E-state index in [1.807, 2.05) is 24.3 Å². The molecule has 1 aromatic carbocycles. The average Bonchev–Trinajstić information content (AvgIpc) is 2.50. The van der Waals surface area contributed by atoms with Gasteiger partial charge in [0.15, 0.2) is 5.78 Å². The molecular weight excluding hydrogens is 278 g/mol. The monoisotopic (exact) mass is 297 g/mol. The summed E-state index contributed by atoms with van der Waals surface area (Å²) >= 11 is 0. The average molecular weight is 297 g/mol. The molecule has 5 nitrogen and oxygen atoms in total. The maximum Gasteiger partial charge on any atom is 0.166 e. The van der Waals surface area contributed by atoms with E-state index in [1.54, 1.807) is 19.3 Å². The molecule has 22 heavy (non-hydrogen) atoms. The Morgan fingerprint density at radius 3 is 2.50 bits per heavy atom. The molecule has 0 unspecified atom stereocenters. The molecule has 0 spiro atoms. The van der Waals surface area contributed by atoms with Gasteiger partial charge in [0, 0.05) is 31.9 Å². The molecule has 3 rings (SSSR count). The number of benzene rings is 1. The van der Waals surface area contributed by atoms with Crippen molar-refractivity contribution in [1.29, 1.82) is 0 Å². The minimum Gasteiger partial charge on any atom is -0.488 e. The summed E-state index contributed by atoms with van der Waals surface area (Å²) in [5.74, 6) is 1.63. The standard InChI is InChI=1S/C17H19N3O2/c1-12-19-8-14(9-20-12)17(21)7-4-13-2-5-15(6-3-13)22-16-10-18-11-16/h2-3,5-6,8-9,16,18H,4,7,10-11H2,1H3. The van der Waals surface area contributed by atoms with Gasteiger partial charge in [0.2, 0.25) is 0 Å². The van der Waals surface area contributed by atoms with Crippen LogP contribution in [-0.4, -0.2) is 34.9 Å². The van der Waals surface area contributed by atoms with Crippen molar-refractivity contribution in [3.05, 3.63) is 53.6 Å². The van der Waals surface area contributed by atoms with Crippen molar-refractivity contribution >= 4 is 5.78 Å². The third-order valence-electron chi connectivity index (χ3n) is 3.71. The lowest BCUT2D eigenvalue weighted by atomic mass is 10.0. The Hall–Kier alpha value is -2.27. The van der Waals surface area contributed by atoms with E-state index < -0.39 is 0 Å². The zero-order valence-electron chi connectivity index (χ0n) is 12.6. The number of nitrogens with one attached hydrogen (secondary N) is 1. The van der Waals surface area contributed by atoms with E-state index in [0.29, 0.717) is 24.2 Å². The Balaban J connectivity index is 1.52. The highest BCUT2D eigenvalue weighted by molar-refractivity contribution is 5.95. The van der Waals surface area contributed by atoms with Crippen LogP contribution in [0.1, 0.15) is 28.2 Å². The number of hydrogen-bond acceptors (Lipinski definition) is 5. The van der Waals surface area contributed by atoms with Crippen LogP contribution < -0.4 is 10.1 Å². The maximum absolute atomic E-state index is 12.1. The van der Waals surface area contributed by atoms with Crippen molar-refractivity contribution in [2.45, 2.75) is 25.9 Å². The van der Waals surface area contributed by atoms with E-state index in [2.05, 4.69) is 15.3 Å². The van der Waals surface area contributed by atoms with Gasteiger partial charge in [-0.3, -0.25) is 4.79 Å². The predicted octanol–water partition coefficient (Wildman–Crippen LogP) is 1.95. The molecule has 1 fully saturated rings. The Kier molecular flexibility index (Phi) is 4.44. The van der Waals surface area contributed by atoms with Crippen molar-refractivity contribution in [2.24, 2.45) is 0 Å². The van der Waals surface area contributed by atoms with Crippen LogP contribution in [0, 0.1) is 6.92 Å². The van der Waals surface area contributed by atoms with Crippen molar-refractivity contribution in [3.63, 3.8) is 0 Å². The second-order valence-electron chi connectivity index (χ2n) is 5.48. The van der Waals surface area contributed by atoms with Gasteiger partial charge in [0.25, 0.3) is 0 Å². The first-order valence-electron chi connectivity index (χ1n) is 7.49. The maximum atomic E-state index is 12.1. The molecule has 1 aliphatic heterocycles. The lowest BCUT2D eigenvalue weighted by molar-refractivity contribution is 0.0982. The first-order valence-corrected chi connectivity index (χ1v) is 7.49. The van der Waals surface area contributed by atoms with Crippen LogP contribution in [0.15, 0.2) is 36.7 Å².